The van der Waals surface area contributed by atoms with E-state index in [4.69, 9.17) is 5.11 Å². The summed E-state index contributed by atoms with van der Waals surface area (Å²) in [7, 11) is 1.70. The van der Waals surface area contributed by atoms with Crippen LogP contribution in [0.25, 0.3) is 6.08 Å². The van der Waals surface area contributed by atoms with Crippen LogP contribution in [0.15, 0.2) is 22.4 Å². The van der Waals surface area contributed by atoms with Crippen molar-refractivity contribution in [3.05, 3.63) is 28.1 Å². The molecule has 104 valence electrons. The monoisotopic (exact) mass is 316 g/mol. The molecular weight excluding hydrogens is 307 g/mol. The maximum Gasteiger partial charge on any atom is 1.00 e. The van der Waals surface area contributed by atoms with Gasteiger partial charge in [0.2, 0.25) is 0 Å². The molecule has 0 spiro atoms. The van der Waals surface area contributed by atoms with Crippen molar-refractivity contribution in [3.8, 4) is 0 Å². The number of aliphatic hydroxyl groups excluding tert-OH is 1. The number of nitrogens with zero attached hydrogens (tertiary/aromatic N) is 4. The molecule has 0 saturated carbocycles. The number of amides is 1. The van der Waals surface area contributed by atoms with Crippen LogP contribution in [0.2, 0.25) is 0 Å². The van der Waals surface area contributed by atoms with Gasteiger partial charge in [0, 0.05) is 12.0 Å². The Balaban J connectivity index is 0.00000161. The van der Waals surface area contributed by atoms with Crippen molar-refractivity contribution in [2.45, 2.75) is 5.37 Å². The van der Waals surface area contributed by atoms with Gasteiger partial charge in [-0.05, 0) is 6.08 Å². The molecule has 1 fully saturated rings. The topological polar surface area (TPSA) is 111 Å². The molecule has 1 N–H and O–H groups in total. The molecule has 1 aromatic rings. The molecule has 0 bridgehead atoms. The number of carboxylic acid groups (broad SMARTS) is 1. The van der Waals surface area contributed by atoms with Gasteiger partial charge in [-0.3, -0.25) is 14.4 Å². The number of carbonyl (C=O) groups excluding carboxylic acids is 2. The summed E-state index contributed by atoms with van der Waals surface area (Å²) in [6, 6.07) is 0. The van der Waals surface area contributed by atoms with Crippen LogP contribution in [0, 0.1) is 0 Å². The van der Waals surface area contributed by atoms with Gasteiger partial charge in [0.25, 0.3) is 5.91 Å². The van der Waals surface area contributed by atoms with Crippen molar-refractivity contribution >= 4 is 29.7 Å². The normalized spacial score (nSPS) is 22.2. The van der Waals surface area contributed by atoms with E-state index in [1.807, 2.05) is 0 Å². The molecule has 1 amide bonds. The summed E-state index contributed by atoms with van der Waals surface area (Å²) < 4.78 is 1.50. The summed E-state index contributed by atoms with van der Waals surface area (Å²) in [6.45, 7) is -0.438. The molecule has 1 aromatic heterocycles. The number of hydrogen-bond acceptors (Lipinski definition) is 7. The van der Waals surface area contributed by atoms with Gasteiger partial charge in [0.1, 0.15) is 11.1 Å². The van der Waals surface area contributed by atoms with Gasteiger partial charge < -0.3 is 15.0 Å². The largest absolute Gasteiger partial charge is 1.00 e. The molecule has 8 nitrogen and oxygen atoms in total. The number of hydrogen-bond donors (Lipinski definition) is 1. The molecule has 2 aliphatic heterocycles. The molecular formula is C11H9N4NaO4S. The second-order valence-corrected chi connectivity index (χ2v) is 5.45. The van der Waals surface area contributed by atoms with E-state index in [-0.39, 0.29) is 40.2 Å². The Hall–Kier alpha value is -1.13. The molecule has 3 heterocycles. The Labute approximate surface area is 145 Å². The number of rotatable bonds is 3. The number of thioether (sulfide) groups is 1. The molecule has 0 aromatic carbocycles. The van der Waals surface area contributed by atoms with Crippen molar-refractivity contribution in [1.82, 2.24) is 19.9 Å². The summed E-state index contributed by atoms with van der Waals surface area (Å²) in [5, 5.41) is 27.4. The number of aryl methyl sites for hydroxylation is 1. The average molecular weight is 316 g/mol. The third-order valence-corrected chi connectivity index (χ3v) is 4.28. The fourth-order valence-corrected chi connectivity index (χ4v) is 3.37. The van der Waals surface area contributed by atoms with Crippen LogP contribution in [0.3, 0.4) is 0 Å². The maximum atomic E-state index is 12.0. The number of aromatic nitrogens is 3. The minimum Gasteiger partial charge on any atom is -0.543 e. The van der Waals surface area contributed by atoms with Crippen LogP contribution in [0.5, 0.6) is 0 Å². The van der Waals surface area contributed by atoms with Crippen molar-refractivity contribution < 1.29 is 49.4 Å². The number of carboxylic acids is 1. The van der Waals surface area contributed by atoms with Crippen LogP contribution in [-0.2, 0) is 16.6 Å². The van der Waals surface area contributed by atoms with E-state index < -0.39 is 23.9 Å². The van der Waals surface area contributed by atoms with Gasteiger partial charge in [0.05, 0.1) is 30.0 Å². The molecule has 0 unspecified atom stereocenters. The number of aliphatic carboxylic acids is 1. The Kier molecular flexibility index (Phi) is 4.59. The van der Waals surface area contributed by atoms with E-state index in [1.165, 1.54) is 4.68 Å². The van der Waals surface area contributed by atoms with Crippen LogP contribution < -0.4 is 34.7 Å². The standard InChI is InChI=1S/C11H10N4O4S.Na/c1-14-3-5(12-13-14)2-6-9(17)15-8(11(18)19)7(4-16)20-10(6)15;/h2-3,10,16H,4H2,1H3,(H,18,19);/q;+1/p-1/b6-2-;/t10-;/m1./s1. The molecule has 0 radical (unpaired) electrons. The van der Waals surface area contributed by atoms with Gasteiger partial charge in [-0.25, -0.2) is 0 Å². The Morgan fingerprint density at radius 3 is 2.86 bits per heavy atom. The SMILES string of the molecule is Cn1cc(/C=C2/C(=O)N3C(C(=O)[O-])=C(CO)S[C@H]23)nn1.[Na+]. The zero-order valence-corrected chi connectivity index (χ0v) is 14.1. The zero-order valence-electron chi connectivity index (χ0n) is 11.3. The number of fused-ring (bicyclic) bond motifs is 1. The van der Waals surface area contributed by atoms with E-state index >= 15 is 0 Å². The third kappa shape index (κ3) is 2.55. The summed E-state index contributed by atoms with van der Waals surface area (Å²) in [5.41, 5.74) is 0.699. The van der Waals surface area contributed by atoms with Crippen LogP contribution in [0.4, 0.5) is 0 Å². The van der Waals surface area contributed by atoms with Crippen molar-refractivity contribution in [2.24, 2.45) is 7.05 Å². The maximum absolute atomic E-state index is 12.0. The first-order valence-corrected chi connectivity index (χ1v) is 6.54. The Morgan fingerprint density at radius 2 is 2.33 bits per heavy atom. The van der Waals surface area contributed by atoms with E-state index in [0.29, 0.717) is 11.3 Å². The zero-order chi connectivity index (χ0) is 14.4. The van der Waals surface area contributed by atoms with E-state index in [1.54, 1.807) is 19.3 Å². The average Bonchev–Trinajstić information content (AvgIpc) is 2.97. The second kappa shape index (κ2) is 5.93. The summed E-state index contributed by atoms with van der Waals surface area (Å²) >= 11 is 1.13. The quantitative estimate of drug-likeness (QED) is 0.338. The minimum absolute atomic E-state index is 0. The summed E-state index contributed by atoms with van der Waals surface area (Å²) in [5.74, 6) is -1.88. The first kappa shape index (κ1) is 16.2. The molecule has 1 atom stereocenters. The Bertz CT molecular complexity index is 684. The van der Waals surface area contributed by atoms with E-state index in [0.717, 1.165) is 16.7 Å². The third-order valence-electron chi connectivity index (χ3n) is 2.99. The smallest absolute Gasteiger partial charge is 0.543 e. The number of β-lactam (4-membered cyclic amide) rings is 1. The van der Waals surface area contributed by atoms with Gasteiger partial charge >= 0.3 is 29.6 Å². The molecule has 3 rings (SSSR count). The van der Waals surface area contributed by atoms with Gasteiger partial charge in [-0.1, -0.05) is 17.0 Å². The predicted octanol–water partition coefficient (Wildman–Crippen LogP) is -4.93. The first-order valence-electron chi connectivity index (χ1n) is 5.66. The second-order valence-electron chi connectivity index (χ2n) is 4.28. The predicted molar refractivity (Wildman–Crippen MR) is 66.3 cm³/mol. The van der Waals surface area contributed by atoms with Crippen LogP contribution in [0.1, 0.15) is 5.69 Å². The van der Waals surface area contributed by atoms with Crippen molar-refractivity contribution in [2.75, 3.05) is 6.61 Å². The van der Waals surface area contributed by atoms with Gasteiger partial charge in [-0.15, -0.1) is 5.10 Å². The number of aliphatic hydroxyl groups is 1. The molecule has 10 heteroatoms. The first-order chi connectivity index (χ1) is 9.52. The van der Waals surface area contributed by atoms with E-state index in [2.05, 4.69) is 10.3 Å². The van der Waals surface area contributed by atoms with Crippen molar-refractivity contribution in [1.29, 1.82) is 0 Å². The molecule has 2 aliphatic rings. The fourth-order valence-electron chi connectivity index (χ4n) is 2.13. The molecule has 21 heavy (non-hydrogen) atoms. The molecule has 0 aliphatic carbocycles. The van der Waals surface area contributed by atoms with Crippen molar-refractivity contribution in [3.63, 3.8) is 0 Å². The Morgan fingerprint density at radius 1 is 1.62 bits per heavy atom. The van der Waals surface area contributed by atoms with Gasteiger partial charge in [0.15, 0.2) is 0 Å². The number of carbonyl (C=O) groups is 2. The summed E-state index contributed by atoms with van der Waals surface area (Å²) in [4.78, 5) is 24.4. The molecule has 1 saturated heterocycles. The minimum atomic E-state index is -1.46. The van der Waals surface area contributed by atoms with Crippen LogP contribution in [-0.4, -0.2) is 48.9 Å². The fraction of sp³-hybridized carbons (Fsp3) is 0.273. The summed E-state index contributed by atoms with van der Waals surface area (Å²) in [6.07, 6.45) is 3.21. The van der Waals surface area contributed by atoms with Gasteiger partial charge in [-0.2, -0.15) is 0 Å². The van der Waals surface area contributed by atoms with E-state index in [9.17, 15) is 14.7 Å². The van der Waals surface area contributed by atoms with Crippen LogP contribution >= 0.6 is 11.8 Å².